The van der Waals surface area contributed by atoms with Crippen LogP contribution in [0.5, 0.6) is 0 Å². The van der Waals surface area contributed by atoms with Gasteiger partial charge in [0.25, 0.3) is 0 Å². The number of anilines is 1. The third-order valence-electron chi connectivity index (χ3n) is 3.26. The van der Waals surface area contributed by atoms with E-state index in [1.165, 1.54) is 0 Å². The summed E-state index contributed by atoms with van der Waals surface area (Å²) in [5, 5.41) is 9.09. The molecule has 1 aromatic rings. The fourth-order valence-electron chi connectivity index (χ4n) is 2.14. The number of carbonyl (C=O) groups is 1. The van der Waals surface area contributed by atoms with Crippen LogP contribution in [0, 0.1) is 5.92 Å². The lowest BCUT2D eigenvalue weighted by Crippen LogP contribution is -2.20. The van der Waals surface area contributed by atoms with Crippen LogP contribution in [0.25, 0.3) is 0 Å². The van der Waals surface area contributed by atoms with Gasteiger partial charge in [0.1, 0.15) is 5.69 Å². The Labute approximate surface area is 101 Å². The lowest BCUT2D eigenvalue weighted by molar-refractivity contribution is 0.0983. The first-order valence-electron chi connectivity index (χ1n) is 6.09. The van der Waals surface area contributed by atoms with Crippen LogP contribution in [-0.4, -0.2) is 35.6 Å². The largest absolute Gasteiger partial charge is 0.396 e. The minimum absolute atomic E-state index is 0.0752. The highest BCUT2D eigenvalue weighted by atomic mass is 16.3. The number of pyridine rings is 1. The number of hydrogen-bond donors (Lipinski definition) is 1. The Kier molecular flexibility index (Phi) is 3.74. The van der Waals surface area contributed by atoms with Gasteiger partial charge < -0.3 is 10.0 Å². The van der Waals surface area contributed by atoms with Crippen LogP contribution in [-0.2, 0) is 0 Å². The summed E-state index contributed by atoms with van der Waals surface area (Å²) in [5.74, 6) is 0.443. The van der Waals surface area contributed by atoms with E-state index >= 15 is 0 Å². The van der Waals surface area contributed by atoms with Crippen molar-refractivity contribution in [3.63, 3.8) is 0 Å². The molecule has 92 valence electrons. The van der Waals surface area contributed by atoms with E-state index in [1.54, 1.807) is 12.3 Å². The molecule has 1 N–H and O–H groups in total. The molecule has 0 amide bonds. The average molecular weight is 234 g/mol. The molecule has 4 nitrogen and oxygen atoms in total. The van der Waals surface area contributed by atoms with Crippen LogP contribution in [0.2, 0.25) is 0 Å². The zero-order valence-corrected chi connectivity index (χ0v) is 10.1. The Morgan fingerprint density at radius 1 is 1.59 bits per heavy atom. The van der Waals surface area contributed by atoms with Gasteiger partial charge >= 0.3 is 0 Å². The molecule has 1 unspecified atom stereocenters. The van der Waals surface area contributed by atoms with Crippen molar-refractivity contribution in [2.75, 3.05) is 24.6 Å². The second kappa shape index (κ2) is 5.27. The standard InChI is InChI=1S/C13H18N2O2/c1-2-13(17)12-4-3-11(7-14-12)15-6-5-10(8-15)9-16/h3-4,7,10,16H,2,5-6,8-9H2,1H3. The van der Waals surface area contributed by atoms with E-state index in [-0.39, 0.29) is 12.4 Å². The topological polar surface area (TPSA) is 53.4 Å². The van der Waals surface area contributed by atoms with Gasteiger partial charge in [0.05, 0.1) is 11.9 Å². The third kappa shape index (κ3) is 2.64. The molecular formula is C13H18N2O2. The number of rotatable bonds is 4. The van der Waals surface area contributed by atoms with Crippen molar-refractivity contribution in [1.82, 2.24) is 4.98 Å². The first-order chi connectivity index (χ1) is 8.24. The third-order valence-corrected chi connectivity index (χ3v) is 3.26. The molecule has 17 heavy (non-hydrogen) atoms. The van der Waals surface area contributed by atoms with Crippen molar-refractivity contribution in [2.45, 2.75) is 19.8 Å². The molecule has 1 aromatic heterocycles. The normalized spacial score (nSPS) is 19.6. The molecule has 1 atom stereocenters. The summed E-state index contributed by atoms with van der Waals surface area (Å²) in [6.07, 6.45) is 3.26. The van der Waals surface area contributed by atoms with Crippen molar-refractivity contribution in [1.29, 1.82) is 0 Å². The summed E-state index contributed by atoms with van der Waals surface area (Å²) in [4.78, 5) is 17.8. The molecule has 0 bridgehead atoms. The molecule has 0 radical (unpaired) electrons. The second-order valence-electron chi connectivity index (χ2n) is 4.46. The Hall–Kier alpha value is -1.42. The van der Waals surface area contributed by atoms with E-state index in [9.17, 15) is 4.79 Å². The van der Waals surface area contributed by atoms with E-state index in [1.807, 2.05) is 13.0 Å². The molecule has 0 spiro atoms. The van der Waals surface area contributed by atoms with Gasteiger partial charge in [-0.15, -0.1) is 0 Å². The average Bonchev–Trinajstić information content (AvgIpc) is 2.87. The van der Waals surface area contributed by atoms with Gasteiger partial charge in [-0.1, -0.05) is 6.92 Å². The molecule has 0 aliphatic carbocycles. The van der Waals surface area contributed by atoms with Crippen molar-refractivity contribution in [3.05, 3.63) is 24.0 Å². The zero-order valence-electron chi connectivity index (χ0n) is 10.1. The number of carbonyl (C=O) groups excluding carboxylic acids is 1. The molecular weight excluding hydrogens is 216 g/mol. The van der Waals surface area contributed by atoms with Gasteiger partial charge in [-0.2, -0.15) is 0 Å². The van der Waals surface area contributed by atoms with E-state index in [0.717, 1.165) is 25.2 Å². The minimum Gasteiger partial charge on any atom is -0.396 e. The van der Waals surface area contributed by atoms with Gasteiger partial charge in [0.2, 0.25) is 0 Å². The number of hydrogen-bond acceptors (Lipinski definition) is 4. The highest BCUT2D eigenvalue weighted by molar-refractivity contribution is 5.94. The van der Waals surface area contributed by atoms with Gasteiger partial charge in [0, 0.05) is 32.0 Å². The molecule has 4 heteroatoms. The van der Waals surface area contributed by atoms with Crippen molar-refractivity contribution in [2.24, 2.45) is 5.92 Å². The van der Waals surface area contributed by atoms with Gasteiger partial charge in [-0.05, 0) is 18.6 Å². The first kappa shape index (κ1) is 12.0. The molecule has 1 fully saturated rings. The van der Waals surface area contributed by atoms with Gasteiger partial charge in [-0.3, -0.25) is 9.78 Å². The number of aliphatic hydroxyl groups excluding tert-OH is 1. The molecule has 2 rings (SSSR count). The fraction of sp³-hybridized carbons (Fsp3) is 0.538. The molecule has 1 aliphatic rings. The quantitative estimate of drug-likeness (QED) is 0.802. The smallest absolute Gasteiger partial charge is 0.180 e. The van der Waals surface area contributed by atoms with E-state index in [4.69, 9.17) is 5.11 Å². The van der Waals surface area contributed by atoms with Crippen molar-refractivity contribution in [3.8, 4) is 0 Å². The summed E-state index contributed by atoms with van der Waals surface area (Å²) in [5.41, 5.74) is 1.57. The Morgan fingerprint density at radius 3 is 2.94 bits per heavy atom. The van der Waals surface area contributed by atoms with E-state index in [2.05, 4.69) is 9.88 Å². The highest BCUT2D eigenvalue weighted by Gasteiger charge is 2.22. The maximum atomic E-state index is 11.4. The molecule has 0 saturated carbocycles. The van der Waals surface area contributed by atoms with E-state index < -0.39 is 0 Å². The lowest BCUT2D eigenvalue weighted by Gasteiger charge is -2.17. The van der Waals surface area contributed by atoms with Crippen LogP contribution >= 0.6 is 0 Å². The second-order valence-corrected chi connectivity index (χ2v) is 4.46. The van der Waals surface area contributed by atoms with Gasteiger partial charge in [0.15, 0.2) is 5.78 Å². The maximum absolute atomic E-state index is 11.4. The zero-order chi connectivity index (χ0) is 12.3. The number of aliphatic hydroxyl groups is 1. The van der Waals surface area contributed by atoms with Crippen LogP contribution in [0.4, 0.5) is 5.69 Å². The summed E-state index contributed by atoms with van der Waals surface area (Å²) in [7, 11) is 0. The predicted molar refractivity (Wildman–Crippen MR) is 66.3 cm³/mol. The predicted octanol–water partition coefficient (Wildman–Crippen LogP) is 1.49. The molecule has 0 aromatic carbocycles. The molecule has 2 heterocycles. The minimum atomic E-state index is 0.0752. The molecule has 1 saturated heterocycles. The maximum Gasteiger partial charge on any atom is 0.180 e. The van der Waals surface area contributed by atoms with Crippen LogP contribution in [0.1, 0.15) is 30.3 Å². The first-order valence-corrected chi connectivity index (χ1v) is 6.09. The summed E-state index contributed by atoms with van der Waals surface area (Å²) >= 11 is 0. The highest BCUT2D eigenvalue weighted by Crippen LogP contribution is 2.22. The van der Waals surface area contributed by atoms with Crippen LogP contribution in [0.3, 0.4) is 0 Å². The summed E-state index contributed by atoms with van der Waals surface area (Å²) in [6.45, 7) is 3.91. The monoisotopic (exact) mass is 234 g/mol. The Balaban J connectivity index is 2.06. The van der Waals surface area contributed by atoms with Gasteiger partial charge in [-0.25, -0.2) is 0 Å². The number of nitrogens with zero attached hydrogens (tertiary/aromatic N) is 2. The molecule has 1 aliphatic heterocycles. The van der Waals surface area contributed by atoms with Crippen LogP contribution < -0.4 is 4.90 Å². The summed E-state index contributed by atoms with van der Waals surface area (Å²) in [6, 6.07) is 3.73. The summed E-state index contributed by atoms with van der Waals surface area (Å²) < 4.78 is 0. The van der Waals surface area contributed by atoms with Crippen LogP contribution in [0.15, 0.2) is 18.3 Å². The number of Topliss-reactive ketones (excluding diaryl/α,β-unsaturated/α-hetero) is 1. The lowest BCUT2D eigenvalue weighted by atomic mass is 10.1. The number of ketones is 1. The van der Waals surface area contributed by atoms with Crippen molar-refractivity contribution < 1.29 is 9.90 Å². The van der Waals surface area contributed by atoms with Crippen molar-refractivity contribution >= 4 is 11.5 Å². The number of aromatic nitrogens is 1. The fourth-order valence-corrected chi connectivity index (χ4v) is 2.14. The van der Waals surface area contributed by atoms with E-state index in [0.29, 0.717) is 18.0 Å². The Morgan fingerprint density at radius 2 is 2.41 bits per heavy atom. The SMILES string of the molecule is CCC(=O)c1ccc(N2CCC(CO)C2)cn1. The Bertz CT molecular complexity index is 389.